The highest BCUT2D eigenvalue weighted by Gasteiger charge is 2.72. The van der Waals surface area contributed by atoms with E-state index in [1.807, 2.05) is 0 Å². The molecule has 0 aliphatic heterocycles. The van der Waals surface area contributed by atoms with Crippen molar-refractivity contribution in [2.24, 2.45) is 17.8 Å². The molecule has 2 aliphatic carbocycles. The quantitative estimate of drug-likeness (QED) is 0.611. The molecule has 0 saturated heterocycles. The second kappa shape index (κ2) is 3.80. The molecule has 0 amide bonds. The Hall–Kier alpha value is -0.410. The molecule has 0 radical (unpaired) electrons. The van der Waals surface area contributed by atoms with Gasteiger partial charge in [0.05, 0.1) is 6.10 Å². The normalized spacial score (nSPS) is 37.2. The van der Waals surface area contributed by atoms with Gasteiger partial charge in [-0.2, -0.15) is 26.0 Å². The van der Waals surface area contributed by atoms with E-state index >= 15 is 0 Å². The Morgan fingerprint density at radius 2 is 1.56 bits per heavy atom. The predicted molar refractivity (Wildman–Crippen MR) is 51.8 cm³/mol. The fraction of sp³-hybridized carbons (Fsp3) is 1.00. The van der Waals surface area contributed by atoms with Gasteiger partial charge >= 0.3 is 21.3 Å². The van der Waals surface area contributed by atoms with Gasteiger partial charge in [-0.25, -0.2) is 0 Å². The molecule has 2 saturated carbocycles. The molecular weight excluding hydrogens is 280 g/mol. The summed E-state index contributed by atoms with van der Waals surface area (Å²) in [4.78, 5) is 0. The van der Waals surface area contributed by atoms with Gasteiger partial charge in [-0.05, 0) is 31.1 Å². The van der Waals surface area contributed by atoms with E-state index in [4.69, 9.17) is 4.55 Å². The van der Waals surface area contributed by atoms with E-state index in [0.29, 0.717) is 0 Å². The summed E-state index contributed by atoms with van der Waals surface area (Å²) in [6.45, 7) is 0. The van der Waals surface area contributed by atoms with Crippen LogP contribution in [0.25, 0.3) is 0 Å². The van der Waals surface area contributed by atoms with Crippen LogP contribution < -0.4 is 0 Å². The maximum atomic E-state index is 13.6. The molecule has 4 atom stereocenters. The van der Waals surface area contributed by atoms with Crippen molar-refractivity contribution in [1.82, 2.24) is 0 Å². The zero-order valence-electron chi connectivity index (χ0n) is 9.06. The maximum absolute atomic E-state index is 13.6. The van der Waals surface area contributed by atoms with Crippen molar-refractivity contribution >= 4 is 10.1 Å². The molecular formula is C9H12F4O4S. The van der Waals surface area contributed by atoms with E-state index in [2.05, 4.69) is 0 Å². The van der Waals surface area contributed by atoms with Gasteiger partial charge in [-0.3, -0.25) is 4.55 Å². The van der Waals surface area contributed by atoms with Crippen molar-refractivity contribution < 1.29 is 35.6 Å². The van der Waals surface area contributed by atoms with Gasteiger partial charge in [0.1, 0.15) is 0 Å². The Morgan fingerprint density at radius 3 is 1.89 bits per heavy atom. The summed E-state index contributed by atoms with van der Waals surface area (Å²) in [5.74, 6) is -8.00. The van der Waals surface area contributed by atoms with Crippen LogP contribution in [0, 0.1) is 17.8 Å². The molecule has 9 heteroatoms. The minimum atomic E-state index is -6.17. The van der Waals surface area contributed by atoms with E-state index in [1.54, 1.807) is 0 Å². The molecule has 4 unspecified atom stereocenters. The average molecular weight is 292 g/mol. The second-order valence-corrected chi connectivity index (χ2v) is 6.48. The van der Waals surface area contributed by atoms with Crippen LogP contribution in [0.1, 0.15) is 19.3 Å². The molecule has 2 N–H and O–H groups in total. The minimum absolute atomic E-state index is 0.0352. The topological polar surface area (TPSA) is 74.6 Å². The van der Waals surface area contributed by atoms with E-state index in [-0.39, 0.29) is 19.3 Å². The van der Waals surface area contributed by atoms with Crippen molar-refractivity contribution in [2.75, 3.05) is 0 Å². The lowest BCUT2D eigenvalue weighted by Crippen LogP contribution is -2.53. The van der Waals surface area contributed by atoms with Gasteiger partial charge in [-0.15, -0.1) is 0 Å². The minimum Gasteiger partial charge on any atom is -0.393 e. The van der Waals surface area contributed by atoms with Crippen molar-refractivity contribution in [3.63, 3.8) is 0 Å². The highest BCUT2D eigenvalue weighted by molar-refractivity contribution is 7.87. The monoisotopic (exact) mass is 292 g/mol. The standard InChI is InChI=1S/C9H12F4O4S/c10-8(11,9(12,13)18(15,16)17)6-2-5-1-4(6)3-7(5)14/h4-7,14H,1-3H2,(H,15,16,17). The molecule has 0 spiro atoms. The highest BCUT2D eigenvalue weighted by Crippen LogP contribution is 2.58. The molecule has 106 valence electrons. The van der Waals surface area contributed by atoms with Crippen LogP contribution in [0.3, 0.4) is 0 Å². The molecule has 2 bridgehead atoms. The Balaban J connectivity index is 2.29. The van der Waals surface area contributed by atoms with Crippen LogP contribution in [0.5, 0.6) is 0 Å². The molecule has 0 heterocycles. The molecule has 2 fully saturated rings. The number of aliphatic hydroxyl groups excluding tert-OH is 1. The van der Waals surface area contributed by atoms with Crippen molar-refractivity contribution in [3.8, 4) is 0 Å². The maximum Gasteiger partial charge on any atom is 0.431 e. The number of fused-ring (bicyclic) bond motifs is 2. The first-order chi connectivity index (χ1) is 7.98. The summed E-state index contributed by atoms with van der Waals surface area (Å²) in [5, 5.41) is 3.87. The number of hydrogen-bond acceptors (Lipinski definition) is 3. The molecule has 0 aromatic carbocycles. The first-order valence-electron chi connectivity index (χ1n) is 5.39. The molecule has 2 aliphatic rings. The summed E-state index contributed by atoms with van der Waals surface area (Å²) >= 11 is 0. The second-order valence-electron chi connectivity index (χ2n) is 5.02. The van der Waals surface area contributed by atoms with Gasteiger partial charge in [0.15, 0.2) is 0 Å². The average Bonchev–Trinajstić information content (AvgIpc) is 2.73. The van der Waals surface area contributed by atoms with E-state index in [1.165, 1.54) is 0 Å². The lowest BCUT2D eigenvalue weighted by atomic mass is 9.83. The number of alkyl halides is 4. The summed E-state index contributed by atoms with van der Waals surface area (Å²) in [7, 11) is -6.17. The SMILES string of the molecule is O=S(=O)(O)C(F)(F)C(F)(F)C1CC2CC1CC2O. The summed E-state index contributed by atoms with van der Waals surface area (Å²) in [5.41, 5.74) is 0. The van der Waals surface area contributed by atoms with Crippen LogP contribution in [-0.4, -0.2) is 35.4 Å². The van der Waals surface area contributed by atoms with E-state index < -0.39 is 45.2 Å². The first-order valence-corrected chi connectivity index (χ1v) is 6.83. The zero-order chi connectivity index (χ0) is 13.9. The Bertz CT molecular complexity index is 447. The summed E-state index contributed by atoms with van der Waals surface area (Å²) in [6.07, 6.45) is -0.999. The van der Waals surface area contributed by atoms with Crippen LogP contribution in [0.15, 0.2) is 0 Å². The summed E-state index contributed by atoms with van der Waals surface area (Å²) < 4.78 is 82.6. The van der Waals surface area contributed by atoms with Crippen LogP contribution in [0.2, 0.25) is 0 Å². The first kappa shape index (κ1) is 14.0. The lowest BCUT2D eigenvalue weighted by Gasteiger charge is -2.34. The highest BCUT2D eigenvalue weighted by atomic mass is 32.2. The van der Waals surface area contributed by atoms with Crippen molar-refractivity contribution in [1.29, 1.82) is 0 Å². The number of aliphatic hydroxyl groups is 1. The van der Waals surface area contributed by atoms with E-state index in [0.717, 1.165) is 0 Å². The van der Waals surface area contributed by atoms with Crippen LogP contribution in [-0.2, 0) is 10.1 Å². The fourth-order valence-corrected chi connectivity index (χ4v) is 3.57. The molecule has 0 aromatic heterocycles. The zero-order valence-corrected chi connectivity index (χ0v) is 9.88. The fourth-order valence-electron chi connectivity index (χ4n) is 3.08. The van der Waals surface area contributed by atoms with Crippen LogP contribution in [0.4, 0.5) is 17.6 Å². The molecule has 18 heavy (non-hydrogen) atoms. The lowest BCUT2D eigenvalue weighted by molar-refractivity contribution is -0.205. The van der Waals surface area contributed by atoms with Gasteiger partial charge in [0.2, 0.25) is 0 Å². The molecule has 0 aromatic rings. The smallest absolute Gasteiger partial charge is 0.393 e. The van der Waals surface area contributed by atoms with E-state index in [9.17, 15) is 31.1 Å². The Morgan fingerprint density at radius 1 is 1.00 bits per heavy atom. The predicted octanol–water partition coefficient (Wildman–Crippen LogP) is 1.51. The molecule has 4 nitrogen and oxygen atoms in total. The van der Waals surface area contributed by atoms with Crippen LogP contribution >= 0.6 is 0 Å². The third kappa shape index (κ3) is 1.75. The Labute approximate surface area is 101 Å². The van der Waals surface area contributed by atoms with Gasteiger partial charge in [0, 0.05) is 5.92 Å². The molecule has 2 rings (SSSR count). The largest absolute Gasteiger partial charge is 0.431 e. The van der Waals surface area contributed by atoms with Gasteiger partial charge in [0.25, 0.3) is 0 Å². The van der Waals surface area contributed by atoms with Gasteiger partial charge in [-0.1, -0.05) is 0 Å². The van der Waals surface area contributed by atoms with Gasteiger partial charge < -0.3 is 5.11 Å². The third-order valence-electron chi connectivity index (χ3n) is 4.00. The summed E-state index contributed by atoms with van der Waals surface area (Å²) in [6, 6.07) is 0. The third-order valence-corrected chi connectivity index (χ3v) is 4.92. The Kier molecular flexibility index (Phi) is 2.95. The van der Waals surface area contributed by atoms with Crippen molar-refractivity contribution in [2.45, 2.75) is 36.5 Å². The number of halogens is 4. The number of hydrogen-bond donors (Lipinski definition) is 2. The number of rotatable bonds is 3. The van der Waals surface area contributed by atoms with Crippen molar-refractivity contribution in [3.05, 3.63) is 0 Å².